The highest BCUT2D eigenvalue weighted by Gasteiger charge is 2.20. The maximum absolute atomic E-state index is 3.81. The number of hydrogen-bond donors (Lipinski definition) is 1. The number of rotatable bonds is 6. The zero-order valence-corrected chi connectivity index (χ0v) is 13.0. The molecule has 2 nitrogen and oxygen atoms in total. The van der Waals surface area contributed by atoms with Crippen LogP contribution >= 0.6 is 0 Å². The summed E-state index contributed by atoms with van der Waals surface area (Å²) in [6.45, 7) is 7.49. The van der Waals surface area contributed by atoms with Crippen LogP contribution in [0.4, 0.5) is 0 Å². The Balaban J connectivity index is 1.53. The molecule has 0 radical (unpaired) electrons. The largest absolute Gasteiger partial charge is 0.313 e. The summed E-state index contributed by atoms with van der Waals surface area (Å²) in [6, 6.07) is 0.820. The molecule has 0 bridgehead atoms. The second-order valence-corrected chi connectivity index (χ2v) is 6.72. The fourth-order valence-corrected chi connectivity index (χ4v) is 3.85. The highest BCUT2D eigenvalue weighted by Crippen LogP contribution is 2.27. The van der Waals surface area contributed by atoms with E-state index in [1.165, 1.54) is 90.4 Å². The summed E-state index contributed by atoms with van der Waals surface area (Å²) in [5, 5.41) is 3.81. The van der Waals surface area contributed by atoms with Crippen LogP contribution in [0.15, 0.2) is 0 Å². The second-order valence-electron chi connectivity index (χ2n) is 6.72. The molecule has 0 aromatic carbocycles. The van der Waals surface area contributed by atoms with Gasteiger partial charge in [-0.2, -0.15) is 0 Å². The Labute approximate surface area is 120 Å². The van der Waals surface area contributed by atoms with Gasteiger partial charge in [0.25, 0.3) is 0 Å². The van der Waals surface area contributed by atoms with Gasteiger partial charge in [-0.05, 0) is 57.5 Å². The normalized spacial score (nSPS) is 30.2. The van der Waals surface area contributed by atoms with E-state index in [9.17, 15) is 0 Å². The van der Waals surface area contributed by atoms with E-state index in [2.05, 4.69) is 17.1 Å². The SMILES string of the molecule is CCCC1CCC(NCCN2CCCCCC2)CC1. The van der Waals surface area contributed by atoms with Crippen molar-refractivity contribution in [3.8, 4) is 0 Å². The summed E-state index contributed by atoms with van der Waals surface area (Å²) in [4.78, 5) is 2.67. The first kappa shape index (κ1) is 15.3. The van der Waals surface area contributed by atoms with Crippen LogP contribution in [0, 0.1) is 5.92 Å². The van der Waals surface area contributed by atoms with E-state index in [0.717, 1.165) is 12.0 Å². The number of nitrogens with one attached hydrogen (secondary N) is 1. The van der Waals surface area contributed by atoms with Crippen LogP contribution in [0.25, 0.3) is 0 Å². The molecule has 0 atom stereocenters. The minimum Gasteiger partial charge on any atom is -0.313 e. The van der Waals surface area contributed by atoms with E-state index in [1.54, 1.807) is 0 Å². The van der Waals surface area contributed by atoms with E-state index in [4.69, 9.17) is 0 Å². The first-order valence-electron chi connectivity index (χ1n) is 8.84. The first-order valence-corrected chi connectivity index (χ1v) is 8.84. The fourth-order valence-electron chi connectivity index (χ4n) is 3.85. The van der Waals surface area contributed by atoms with Crippen LogP contribution in [-0.4, -0.2) is 37.1 Å². The van der Waals surface area contributed by atoms with Crippen LogP contribution in [0.2, 0.25) is 0 Å². The summed E-state index contributed by atoms with van der Waals surface area (Å²) in [5.74, 6) is 1.04. The predicted octanol–water partition coefficient (Wildman–Crippen LogP) is 3.81. The lowest BCUT2D eigenvalue weighted by atomic mass is 9.83. The van der Waals surface area contributed by atoms with Gasteiger partial charge in [-0.25, -0.2) is 0 Å². The van der Waals surface area contributed by atoms with Crippen molar-refractivity contribution in [1.82, 2.24) is 10.2 Å². The van der Waals surface area contributed by atoms with Crippen LogP contribution in [0.1, 0.15) is 71.1 Å². The molecule has 0 amide bonds. The van der Waals surface area contributed by atoms with Crippen LogP contribution in [-0.2, 0) is 0 Å². The number of hydrogen-bond acceptors (Lipinski definition) is 2. The minimum absolute atomic E-state index is 0.820. The van der Waals surface area contributed by atoms with Crippen molar-refractivity contribution in [3.05, 3.63) is 0 Å². The van der Waals surface area contributed by atoms with Gasteiger partial charge in [0.2, 0.25) is 0 Å². The topological polar surface area (TPSA) is 15.3 Å². The van der Waals surface area contributed by atoms with Crippen molar-refractivity contribution in [2.24, 2.45) is 5.92 Å². The molecule has 0 spiro atoms. The molecule has 19 heavy (non-hydrogen) atoms. The van der Waals surface area contributed by atoms with Gasteiger partial charge in [0.15, 0.2) is 0 Å². The van der Waals surface area contributed by atoms with E-state index in [1.807, 2.05) is 0 Å². The molecule has 1 N–H and O–H groups in total. The van der Waals surface area contributed by atoms with Crippen LogP contribution in [0.3, 0.4) is 0 Å². The van der Waals surface area contributed by atoms with Crippen molar-refractivity contribution in [1.29, 1.82) is 0 Å². The van der Waals surface area contributed by atoms with Crippen molar-refractivity contribution < 1.29 is 0 Å². The first-order chi connectivity index (χ1) is 9.38. The molecule has 1 saturated carbocycles. The molecule has 112 valence electrons. The van der Waals surface area contributed by atoms with Gasteiger partial charge in [0.05, 0.1) is 0 Å². The fraction of sp³-hybridized carbons (Fsp3) is 1.00. The quantitative estimate of drug-likeness (QED) is 0.786. The number of likely N-dealkylation sites (tertiary alicyclic amines) is 1. The van der Waals surface area contributed by atoms with Gasteiger partial charge < -0.3 is 10.2 Å². The lowest BCUT2D eigenvalue weighted by Gasteiger charge is -2.30. The van der Waals surface area contributed by atoms with Gasteiger partial charge in [-0.3, -0.25) is 0 Å². The molecular formula is C17H34N2. The summed E-state index contributed by atoms with van der Waals surface area (Å²) >= 11 is 0. The Kier molecular flexibility index (Phi) is 7.23. The standard InChI is InChI=1S/C17H34N2/c1-2-7-16-8-10-17(11-9-16)18-12-15-19-13-5-3-4-6-14-19/h16-18H,2-15H2,1H3. The zero-order valence-electron chi connectivity index (χ0n) is 13.0. The Hall–Kier alpha value is -0.0800. The lowest BCUT2D eigenvalue weighted by molar-refractivity contribution is 0.250. The maximum atomic E-state index is 3.81. The monoisotopic (exact) mass is 266 g/mol. The van der Waals surface area contributed by atoms with Crippen LogP contribution in [0.5, 0.6) is 0 Å². The molecule has 1 aliphatic carbocycles. The molecule has 1 saturated heterocycles. The average Bonchev–Trinajstić information content (AvgIpc) is 2.70. The van der Waals surface area contributed by atoms with Gasteiger partial charge in [-0.1, -0.05) is 32.6 Å². The van der Waals surface area contributed by atoms with Gasteiger partial charge in [-0.15, -0.1) is 0 Å². The van der Waals surface area contributed by atoms with Gasteiger partial charge >= 0.3 is 0 Å². The molecule has 2 fully saturated rings. The predicted molar refractivity (Wildman–Crippen MR) is 83.6 cm³/mol. The molecule has 0 aromatic rings. The van der Waals surface area contributed by atoms with Crippen molar-refractivity contribution in [2.45, 2.75) is 77.2 Å². The Bertz CT molecular complexity index is 213. The maximum Gasteiger partial charge on any atom is 0.0107 e. The van der Waals surface area contributed by atoms with Crippen molar-refractivity contribution >= 4 is 0 Å². The highest BCUT2D eigenvalue weighted by molar-refractivity contribution is 4.77. The Morgan fingerprint density at radius 3 is 2.26 bits per heavy atom. The second kappa shape index (κ2) is 8.97. The Morgan fingerprint density at radius 2 is 1.63 bits per heavy atom. The summed E-state index contributed by atoms with van der Waals surface area (Å²) < 4.78 is 0. The van der Waals surface area contributed by atoms with E-state index < -0.39 is 0 Å². The molecular weight excluding hydrogens is 232 g/mol. The Morgan fingerprint density at radius 1 is 0.947 bits per heavy atom. The van der Waals surface area contributed by atoms with Crippen LogP contribution < -0.4 is 5.32 Å². The third kappa shape index (κ3) is 5.83. The molecule has 0 aromatic heterocycles. The highest BCUT2D eigenvalue weighted by atomic mass is 15.1. The smallest absolute Gasteiger partial charge is 0.0107 e. The summed E-state index contributed by atoms with van der Waals surface area (Å²) in [7, 11) is 0. The van der Waals surface area contributed by atoms with Gasteiger partial charge in [0.1, 0.15) is 0 Å². The molecule has 1 heterocycles. The zero-order chi connectivity index (χ0) is 13.3. The minimum atomic E-state index is 0.820. The average molecular weight is 266 g/mol. The van der Waals surface area contributed by atoms with E-state index in [0.29, 0.717) is 0 Å². The lowest BCUT2D eigenvalue weighted by Crippen LogP contribution is -2.39. The molecule has 2 rings (SSSR count). The van der Waals surface area contributed by atoms with E-state index in [-0.39, 0.29) is 0 Å². The molecule has 0 unspecified atom stereocenters. The molecule has 2 aliphatic rings. The van der Waals surface area contributed by atoms with E-state index >= 15 is 0 Å². The molecule has 2 heteroatoms. The number of nitrogens with zero attached hydrogens (tertiary/aromatic N) is 1. The van der Waals surface area contributed by atoms with Crippen molar-refractivity contribution in [2.75, 3.05) is 26.2 Å². The third-order valence-corrected chi connectivity index (χ3v) is 5.10. The summed E-state index contributed by atoms with van der Waals surface area (Å²) in [5.41, 5.74) is 0. The van der Waals surface area contributed by atoms with Gasteiger partial charge in [0, 0.05) is 19.1 Å². The van der Waals surface area contributed by atoms with Crippen molar-refractivity contribution in [3.63, 3.8) is 0 Å². The molecule has 1 aliphatic heterocycles. The summed E-state index contributed by atoms with van der Waals surface area (Å²) in [6.07, 6.45) is 14.3. The third-order valence-electron chi connectivity index (χ3n) is 5.10.